The van der Waals surface area contributed by atoms with Crippen molar-refractivity contribution in [1.29, 1.82) is 0 Å². The van der Waals surface area contributed by atoms with E-state index in [9.17, 15) is 9.59 Å². The first kappa shape index (κ1) is 22.9. The predicted molar refractivity (Wildman–Crippen MR) is 122 cm³/mol. The molecule has 30 heavy (non-hydrogen) atoms. The van der Waals surface area contributed by atoms with Crippen LogP contribution in [0.15, 0.2) is 42.5 Å². The van der Waals surface area contributed by atoms with Gasteiger partial charge in [0.15, 0.2) is 0 Å². The molecule has 2 amide bonds. The average Bonchev–Trinajstić information content (AvgIpc) is 3.22. The molecule has 0 spiro atoms. The molecule has 0 bridgehead atoms. The number of hydrogen-bond acceptors (Lipinski definition) is 2. The van der Waals surface area contributed by atoms with E-state index in [2.05, 4.69) is 5.32 Å². The maximum absolute atomic E-state index is 13.2. The monoisotopic (exact) mass is 466 g/mol. The van der Waals surface area contributed by atoms with Gasteiger partial charge in [0, 0.05) is 27.7 Å². The summed E-state index contributed by atoms with van der Waals surface area (Å²) < 4.78 is 0. The van der Waals surface area contributed by atoms with Gasteiger partial charge >= 0.3 is 0 Å². The smallest absolute Gasteiger partial charge is 0.242 e. The molecule has 1 fully saturated rings. The summed E-state index contributed by atoms with van der Waals surface area (Å²) in [5.74, 6) is -0.310. The van der Waals surface area contributed by atoms with E-state index in [4.69, 9.17) is 34.8 Å². The second-order valence-corrected chi connectivity index (χ2v) is 9.01. The fraction of sp³-hybridized carbons (Fsp3) is 0.391. The fourth-order valence-electron chi connectivity index (χ4n) is 3.69. The van der Waals surface area contributed by atoms with Gasteiger partial charge in [-0.25, -0.2) is 0 Å². The molecule has 1 aliphatic carbocycles. The Bertz CT molecular complexity index is 896. The largest absolute Gasteiger partial charge is 0.352 e. The van der Waals surface area contributed by atoms with E-state index in [-0.39, 0.29) is 24.3 Å². The van der Waals surface area contributed by atoms with Gasteiger partial charge in [-0.15, -0.1) is 0 Å². The number of hydrogen-bond donors (Lipinski definition) is 1. The van der Waals surface area contributed by atoms with Crippen LogP contribution < -0.4 is 5.32 Å². The van der Waals surface area contributed by atoms with Crippen LogP contribution in [0.4, 0.5) is 0 Å². The molecule has 7 heteroatoms. The fourth-order valence-corrected chi connectivity index (χ4v) is 4.29. The SMILES string of the molecule is CC(C(=O)NC1CCCC1)N(Cc1ccc(Cl)cc1)C(=O)Cc1ccc(Cl)cc1Cl. The van der Waals surface area contributed by atoms with E-state index in [1.54, 1.807) is 42.2 Å². The minimum Gasteiger partial charge on any atom is -0.352 e. The van der Waals surface area contributed by atoms with E-state index in [0.717, 1.165) is 31.2 Å². The number of carbonyl (C=O) groups excluding carboxylic acids is 2. The zero-order valence-electron chi connectivity index (χ0n) is 16.8. The van der Waals surface area contributed by atoms with E-state index in [1.807, 2.05) is 12.1 Å². The van der Waals surface area contributed by atoms with Crippen molar-refractivity contribution in [1.82, 2.24) is 10.2 Å². The van der Waals surface area contributed by atoms with Crippen molar-refractivity contribution >= 4 is 46.6 Å². The van der Waals surface area contributed by atoms with Crippen LogP contribution in [-0.2, 0) is 22.6 Å². The van der Waals surface area contributed by atoms with Crippen LogP contribution in [0.1, 0.15) is 43.7 Å². The first-order chi connectivity index (χ1) is 14.3. The van der Waals surface area contributed by atoms with Crippen LogP contribution in [0.3, 0.4) is 0 Å². The molecule has 4 nitrogen and oxygen atoms in total. The summed E-state index contributed by atoms with van der Waals surface area (Å²) in [6.45, 7) is 2.07. The van der Waals surface area contributed by atoms with Gasteiger partial charge in [-0.3, -0.25) is 9.59 Å². The standard InChI is InChI=1S/C23H25Cl3N2O2/c1-15(23(30)27-20-4-2-3-5-20)28(14-16-6-9-18(24)10-7-16)22(29)12-17-8-11-19(25)13-21(17)26/h6-11,13,15,20H,2-5,12,14H2,1H3,(H,27,30). The Morgan fingerprint density at radius 2 is 1.67 bits per heavy atom. The minimum atomic E-state index is -0.611. The Hall–Kier alpha value is -1.75. The lowest BCUT2D eigenvalue weighted by Crippen LogP contribution is -2.50. The predicted octanol–water partition coefficient (Wildman–Crippen LogP) is 5.67. The van der Waals surface area contributed by atoms with Crippen molar-refractivity contribution in [2.75, 3.05) is 0 Å². The Balaban J connectivity index is 1.78. The molecule has 0 aliphatic heterocycles. The van der Waals surface area contributed by atoms with Gasteiger partial charge in [-0.1, -0.05) is 65.8 Å². The molecule has 2 aromatic rings. The summed E-state index contributed by atoms with van der Waals surface area (Å²) in [6.07, 6.45) is 4.32. The molecule has 1 aliphatic rings. The second-order valence-electron chi connectivity index (χ2n) is 7.73. The lowest BCUT2D eigenvalue weighted by atomic mass is 10.1. The zero-order valence-corrected chi connectivity index (χ0v) is 19.1. The van der Waals surface area contributed by atoms with Gasteiger partial charge in [-0.2, -0.15) is 0 Å². The molecule has 2 aromatic carbocycles. The molecule has 1 unspecified atom stereocenters. The first-order valence-corrected chi connectivity index (χ1v) is 11.2. The Morgan fingerprint density at radius 3 is 2.30 bits per heavy atom. The van der Waals surface area contributed by atoms with Gasteiger partial charge in [0.25, 0.3) is 0 Å². The molecule has 3 rings (SSSR count). The van der Waals surface area contributed by atoms with Crippen molar-refractivity contribution in [3.8, 4) is 0 Å². The number of nitrogens with zero attached hydrogens (tertiary/aromatic N) is 1. The molecule has 1 saturated carbocycles. The molecule has 0 aromatic heterocycles. The summed E-state index contributed by atoms with van der Waals surface area (Å²) >= 11 is 18.2. The van der Waals surface area contributed by atoms with Crippen LogP contribution in [0.2, 0.25) is 15.1 Å². The van der Waals surface area contributed by atoms with Gasteiger partial charge in [0.1, 0.15) is 6.04 Å². The van der Waals surface area contributed by atoms with E-state index >= 15 is 0 Å². The highest BCUT2D eigenvalue weighted by Gasteiger charge is 2.28. The maximum atomic E-state index is 13.2. The summed E-state index contributed by atoms with van der Waals surface area (Å²) in [5.41, 5.74) is 1.58. The lowest BCUT2D eigenvalue weighted by Gasteiger charge is -2.30. The Kier molecular flexibility index (Phi) is 8.04. The van der Waals surface area contributed by atoms with E-state index in [0.29, 0.717) is 27.2 Å². The minimum absolute atomic E-state index is 0.0879. The highest BCUT2D eigenvalue weighted by molar-refractivity contribution is 6.35. The van der Waals surface area contributed by atoms with Gasteiger partial charge in [0.05, 0.1) is 6.42 Å². The van der Waals surface area contributed by atoms with E-state index < -0.39 is 6.04 Å². The third-order valence-corrected chi connectivity index (χ3v) is 6.33. The summed E-state index contributed by atoms with van der Waals surface area (Å²) in [5, 5.41) is 4.66. The molecule has 0 saturated heterocycles. The maximum Gasteiger partial charge on any atom is 0.242 e. The Morgan fingerprint density at radius 1 is 1.03 bits per heavy atom. The second kappa shape index (κ2) is 10.5. The summed E-state index contributed by atoms with van der Waals surface area (Å²) in [7, 11) is 0. The average molecular weight is 468 g/mol. The van der Waals surface area contributed by atoms with Crippen LogP contribution in [-0.4, -0.2) is 28.8 Å². The van der Waals surface area contributed by atoms with Crippen molar-refractivity contribution < 1.29 is 9.59 Å². The molecular formula is C23H25Cl3N2O2. The number of carbonyl (C=O) groups is 2. The summed E-state index contributed by atoms with van der Waals surface area (Å²) in [4.78, 5) is 27.7. The van der Waals surface area contributed by atoms with Crippen molar-refractivity contribution in [2.45, 2.75) is 57.7 Å². The van der Waals surface area contributed by atoms with Gasteiger partial charge in [0.2, 0.25) is 11.8 Å². The van der Waals surface area contributed by atoms with Crippen molar-refractivity contribution in [3.63, 3.8) is 0 Å². The third-order valence-electron chi connectivity index (χ3n) is 5.49. The third kappa shape index (κ3) is 6.13. The van der Waals surface area contributed by atoms with Crippen molar-refractivity contribution in [3.05, 3.63) is 68.7 Å². The number of rotatable bonds is 7. The van der Waals surface area contributed by atoms with E-state index in [1.165, 1.54) is 0 Å². The normalized spacial score (nSPS) is 15.1. The highest BCUT2D eigenvalue weighted by Crippen LogP contribution is 2.23. The Labute approximate surface area is 192 Å². The highest BCUT2D eigenvalue weighted by atomic mass is 35.5. The van der Waals surface area contributed by atoms with Crippen molar-refractivity contribution in [2.24, 2.45) is 0 Å². The number of halogens is 3. The lowest BCUT2D eigenvalue weighted by molar-refractivity contribution is -0.140. The van der Waals surface area contributed by atoms with Crippen LogP contribution in [0, 0.1) is 0 Å². The quantitative estimate of drug-likeness (QED) is 0.571. The van der Waals surface area contributed by atoms with Gasteiger partial charge < -0.3 is 10.2 Å². The summed E-state index contributed by atoms with van der Waals surface area (Å²) in [6, 6.07) is 11.9. The number of nitrogens with one attached hydrogen (secondary N) is 1. The molecule has 0 heterocycles. The van der Waals surface area contributed by atoms with Crippen LogP contribution >= 0.6 is 34.8 Å². The molecular weight excluding hydrogens is 443 g/mol. The number of amides is 2. The molecule has 0 radical (unpaired) electrons. The van der Waals surface area contributed by atoms with Crippen LogP contribution in [0.25, 0.3) is 0 Å². The first-order valence-electron chi connectivity index (χ1n) is 10.1. The molecule has 1 atom stereocenters. The van der Waals surface area contributed by atoms with Crippen LogP contribution in [0.5, 0.6) is 0 Å². The van der Waals surface area contributed by atoms with Gasteiger partial charge in [-0.05, 0) is 55.2 Å². The number of benzene rings is 2. The zero-order chi connectivity index (χ0) is 21.7. The topological polar surface area (TPSA) is 49.4 Å². The molecule has 1 N–H and O–H groups in total. The molecule has 160 valence electrons.